The van der Waals surface area contributed by atoms with Crippen molar-refractivity contribution in [3.8, 4) is 5.75 Å². The van der Waals surface area contributed by atoms with Crippen LogP contribution in [0.2, 0.25) is 0 Å². The van der Waals surface area contributed by atoms with Crippen LogP contribution in [-0.2, 0) is 0 Å². The van der Waals surface area contributed by atoms with Crippen molar-refractivity contribution in [2.24, 2.45) is 5.92 Å². The van der Waals surface area contributed by atoms with Gasteiger partial charge in [-0.1, -0.05) is 12.8 Å². The summed E-state index contributed by atoms with van der Waals surface area (Å²) in [7, 11) is 0. The van der Waals surface area contributed by atoms with E-state index in [4.69, 9.17) is 0 Å². The van der Waals surface area contributed by atoms with Crippen LogP contribution >= 0.6 is 11.8 Å². The van der Waals surface area contributed by atoms with Crippen LogP contribution in [0.4, 0.5) is 4.39 Å². The van der Waals surface area contributed by atoms with Gasteiger partial charge in [0.05, 0.1) is 11.3 Å². The highest BCUT2D eigenvalue weighted by Crippen LogP contribution is 2.28. The Morgan fingerprint density at radius 3 is 2.83 bits per heavy atom. The third kappa shape index (κ3) is 3.48. The molecule has 18 heavy (non-hydrogen) atoms. The fourth-order valence-corrected chi connectivity index (χ4v) is 3.43. The Balaban J connectivity index is 1.85. The van der Waals surface area contributed by atoms with Gasteiger partial charge in [-0.25, -0.2) is 4.39 Å². The van der Waals surface area contributed by atoms with E-state index in [9.17, 15) is 14.3 Å². The molecule has 1 saturated carbocycles. The van der Waals surface area contributed by atoms with Gasteiger partial charge in [0.2, 0.25) is 0 Å². The number of hydrogen-bond donors (Lipinski definition) is 1. The zero-order valence-electron chi connectivity index (χ0n) is 10.2. The van der Waals surface area contributed by atoms with E-state index in [2.05, 4.69) is 0 Å². The molecule has 4 heteroatoms. The van der Waals surface area contributed by atoms with Crippen molar-refractivity contribution in [3.63, 3.8) is 0 Å². The molecule has 0 unspecified atom stereocenters. The van der Waals surface area contributed by atoms with Crippen LogP contribution in [-0.4, -0.2) is 22.4 Å². The molecule has 1 fully saturated rings. The molecule has 2 rings (SSSR count). The number of phenolic OH excluding ortho intramolecular Hbond substituents is 1. The molecular weight excluding hydrogens is 251 g/mol. The predicted octanol–water partition coefficient (Wildman–Crippen LogP) is 3.64. The Morgan fingerprint density at radius 1 is 1.39 bits per heavy atom. The molecule has 1 aromatic rings. The van der Waals surface area contributed by atoms with Crippen molar-refractivity contribution in [2.75, 3.05) is 11.5 Å². The number of phenols is 1. The van der Waals surface area contributed by atoms with Gasteiger partial charge >= 0.3 is 0 Å². The van der Waals surface area contributed by atoms with Crippen LogP contribution in [0.3, 0.4) is 0 Å². The van der Waals surface area contributed by atoms with Crippen LogP contribution in [0.1, 0.15) is 36.0 Å². The molecule has 2 nitrogen and oxygen atoms in total. The SMILES string of the molecule is O=C(CSCC1CCCC1)c1cc(F)ccc1O. The summed E-state index contributed by atoms with van der Waals surface area (Å²) in [6.07, 6.45) is 5.10. The summed E-state index contributed by atoms with van der Waals surface area (Å²) in [4.78, 5) is 11.8. The van der Waals surface area contributed by atoms with Crippen LogP contribution in [0, 0.1) is 11.7 Å². The smallest absolute Gasteiger partial charge is 0.176 e. The van der Waals surface area contributed by atoms with Gasteiger partial charge in [-0.05, 0) is 42.7 Å². The summed E-state index contributed by atoms with van der Waals surface area (Å²) in [5.41, 5.74) is 0.0916. The highest BCUT2D eigenvalue weighted by Gasteiger charge is 2.17. The van der Waals surface area contributed by atoms with E-state index in [1.807, 2.05) is 0 Å². The monoisotopic (exact) mass is 268 g/mol. The number of halogens is 1. The highest BCUT2D eigenvalue weighted by atomic mass is 32.2. The lowest BCUT2D eigenvalue weighted by Crippen LogP contribution is -2.06. The molecular formula is C14H17FO2S. The zero-order chi connectivity index (χ0) is 13.0. The van der Waals surface area contributed by atoms with Crippen molar-refractivity contribution < 1.29 is 14.3 Å². The molecule has 0 radical (unpaired) electrons. The Kier molecular flexibility index (Phi) is 4.64. The number of benzene rings is 1. The van der Waals surface area contributed by atoms with Gasteiger partial charge in [-0.15, -0.1) is 0 Å². The standard InChI is InChI=1S/C14H17FO2S/c15-11-5-6-13(16)12(7-11)14(17)9-18-8-10-3-1-2-4-10/h5-7,10,16H,1-4,8-9H2. The second kappa shape index (κ2) is 6.23. The lowest BCUT2D eigenvalue weighted by molar-refractivity contribution is 0.101. The number of hydrogen-bond acceptors (Lipinski definition) is 3. The van der Waals surface area contributed by atoms with E-state index >= 15 is 0 Å². The molecule has 98 valence electrons. The Morgan fingerprint density at radius 2 is 2.11 bits per heavy atom. The average Bonchev–Trinajstić information content (AvgIpc) is 2.85. The van der Waals surface area contributed by atoms with E-state index in [0.717, 1.165) is 23.8 Å². The van der Waals surface area contributed by atoms with Gasteiger partial charge in [0.15, 0.2) is 5.78 Å². The van der Waals surface area contributed by atoms with Gasteiger partial charge in [0, 0.05) is 0 Å². The minimum Gasteiger partial charge on any atom is -0.507 e. The normalized spacial score (nSPS) is 16.1. The van der Waals surface area contributed by atoms with Crippen molar-refractivity contribution in [3.05, 3.63) is 29.6 Å². The number of carbonyl (C=O) groups excluding carboxylic acids is 1. The summed E-state index contributed by atoms with van der Waals surface area (Å²) < 4.78 is 13.0. The van der Waals surface area contributed by atoms with E-state index in [-0.39, 0.29) is 17.1 Å². The zero-order valence-corrected chi connectivity index (χ0v) is 11.0. The number of rotatable bonds is 5. The fourth-order valence-electron chi connectivity index (χ4n) is 2.30. The largest absolute Gasteiger partial charge is 0.507 e. The number of carbonyl (C=O) groups is 1. The lowest BCUT2D eigenvalue weighted by atomic mass is 10.1. The van der Waals surface area contributed by atoms with Gasteiger partial charge < -0.3 is 5.11 Å². The average molecular weight is 268 g/mol. The third-order valence-electron chi connectivity index (χ3n) is 3.32. The van der Waals surface area contributed by atoms with Crippen LogP contribution in [0.25, 0.3) is 0 Å². The predicted molar refractivity (Wildman–Crippen MR) is 71.7 cm³/mol. The Bertz CT molecular complexity index is 428. The van der Waals surface area contributed by atoms with Crippen molar-refractivity contribution in [2.45, 2.75) is 25.7 Å². The minimum absolute atomic E-state index is 0.0916. The molecule has 1 aliphatic carbocycles. The van der Waals surface area contributed by atoms with Crippen molar-refractivity contribution in [1.29, 1.82) is 0 Å². The summed E-state index contributed by atoms with van der Waals surface area (Å²) in [6.45, 7) is 0. The molecule has 0 atom stereocenters. The molecule has 0 bridgehead atoms. The molecule has 0 saturated heterocycles. The fraction of sp³-hybridized carbons (Fsp3) is 0.500. The summed E-state index contributed by atoms with van der Waals surface area (Å²) >= 11 is 1.58. The molecule has 1 N–H and O–H groups in total. The molecule has 0 aliphatic heterocycles. The first-order valence-electron chi connectivity index (χ1n) is 6.26. The number of aromatic hydroxyl groups is 1. The maximum absolute atomic E-state index is 13.0. The number of thioether (sulfide) groups is 1. The molecule has 0 amide bonds. The van der Waals surface area contributed by atoms with E-state index in [1.54, 1.807) is 11.8 Å². The van der Waals surface area contributed by atoms with Gasteiger partial charge in [0.25, 0.3) is 0 Å². The summed E-state index contributed by atoms with van der Waals surface area (Å²) in [6, 6.07) is 3.48. The Hall–Kier alpha value is -1.03. The molecule has 0 spiro atoms. The topological polar surface area (TPSA) is 37.3 Å². The van der Waals surface area contributed by atoms with E-state index in [1.165, 1.54) is 31.7 Å². The van der Waals surface area contributed by atoms with Gasteiger partial charge in [0.1, 0.15) is 11.6 Å². The number of Topliss-reactive ketones (excluding diaryl/α,β-unsaturated/α-hetero) is 1. The van der Waals surface area contributed by atoms with Gasteiger partial charge in [-0.3, -0.25) is 4.79 Å². The van der Waals surface area contributed by atoms with Gasteiger partial charge in [-0.2, -0.15) is 11.8 Å². The van der Waals surface area contributed by atoms with E-state index in [0.29, 0.717) is 5.75 Å². The quantitative estimate of drug-likeness (QED) is 0.828. The maximum atomic E-state index is 13.0. The van der Waals surface area contributed by atoms with Crippen molar-refractivity contribution >= 4 is 17.5 Å². The first-order valence-corrected chi connectivity index (χ1v) is 7.42. The molecule has 0 heterocycles. The molecule has 1 aromatic carbocycles. The van der Waals surface area contributed by atoms with Crippen LogP contribution < -0.4 is 0 Å². The second-order valence-corrected chi connectivity index (χ2v) is 5.78. The maximum Gasteiger partial charge on any atom is 0.176 e. The van der Waals surface area contributed by atoms with Crippen LogP contribution in [0.15, 0.2) is 18.2 Å². The minimum atomic E-state index is -0.489. The highest BCUT2D eigenvalue weighted by molar-refractivity contribution is 7.99. The first-order chi connectivity index (χ1) is 8.66. The van der Waals surface area contributed by atoms with Crippen LogP contribution in [0.5, 0.6) is 5.75 Å². The summed E-state index contributed by atoms with van der Waals surface area (Å²) in [5, 5.41) is 9.52. The Labute approximate surface area is 111 Å². The van der Waals surface area contributed by atoms with Crippen molar-refractivity contribution in [1.82, 2.24) is 0 Å². The third-order valence-corrected chi connectivity index (χ3v) is 4.49. The first kappa shape index (κ1) is 13.4. The number of ketones is 1. The second-order valence-electron chi connectivity index (χ2n) is 4.75. The summed E-state index contributed by atoms with van der Waals surface area (Å²) in [5.74, 6) is 1.20. The lowest BCUT2D eigenvalue weighted by Gasteiger charge is -2.08. The molecule has 1 aliphatic rings. The molecule has 0 aromatic heterocycles. The van der Waals surface area contributed by atoms with E-state index < -0.39 is 5.82 Å².